The SMILES string of the molecule is COCCNCCOCCOCC(C)C. The van der Waals surface area contributed by atoms with Crippen molar-refractivity contribution in [3.63, 3.8) is 0 Å². The summed E-state index contributed by atoms with van der Waals surface area (Å²) in [4.78, 5) is 0. The second-order valence-electron chi connectivity index (χ2n) is 3.82. The highest BCUT2D eigenvalue weighted by Crippen LogP contribution is 1.91. The maximum absolute atomic E-state index is 5.37. The first-order valence-corrected chi connectivity index (χ1v) is 5.62. The van der Waals surface area contributed by atoms with Gasteiger partial charge in [0.2, 0.25) is 0 Å². The van der Waals surface area contributed by atoms with Gasteiger partial charge in [0.15, 0.2) is 0 Å². The molecule has 0 unspecified atom stereocenters. The molecule has 1 N–H and O–H groups in total. The van der Waals surface area contributed by atoms with E-state index in [4.69, 9.17) is 14.2 Å². The Bertz CT molecular complexity index is 120. The highest BCUT2D eigenvalue weighted by molar-refractivity contribution is 4.44. The molecule has 0 fully saturated rings. The van der Waals surface area contributed by atoms with Gasteiger partial charge in [-0.3, -0.25) is 0 Å². The monoisotopic (exact) mass is 219 g/mol. The Morgan fingerprint density at radius 1 is 0.933 bits per heavy atom. The van der Waals surface area contributed by atoms with Gasteiger partial charge in [-0.25, -0.2) is 0 Å². The summed E-state index contributed by atoms with van der Waals surface area (Å²) in [5.41, 5.74) is 0. The molecule has 0 aliphatic carbocycles. The van der Waals surface area contributed by atoms with Gasteiger partial charge in [-0.05, 0) is 5.92 Å². The zero-order chi connectivity index (χ0) is 11.4. The van der Waals surface area contributed by atoms with E-state index >= 15 is 0 Å². The average Bonchev–Trinajstić information content (AvgIpc) is 2.20. The van der Waals surface area contributed by atoms with Crippen LogP contribution >= 0.6 is 0 Å². The highest BCUT2D eigenvalue weighted by Gasteiger charge is 1.93. The van der Waals surface area contributed by atoms with Crippen LogP contribution in [0.2, 0.25) is 0 Å². The smallest absolute Gasteiger partial charge is 0.0701 e. The number of hydrogen-bond donors (Lipinski definition) is 1. The van der Waals surface area contributed by atoms with Gasteiger partial charge in [-0.1, -0.05) is 13.8 Å². The normalized spacial score (nSPS) is 11.2. The van der Waals surface area contributed by atoms with Crippen LogP contribution in [0.5, 0.6) is 0 Å². The van der Waals surface area contributed by atoms with Gasteiger partial charge in [-0.15, -0.1) is 0 Å². The summed E-state index contributed by atoms with van der Waals surface area (Å²) < 4.78 is 15.6. The first-order chi connectivity index (χ1) is 7.27. The molecule has 0 saturated heterocycles. The lowest BCUT2D eigenvalue weighted by molar-refractivity contribution is 0.0385. The maximum Gasteiger partial charge on any atom is 0.0701 e. The summed E-state index contributed by atoms with van der Waals surface area (Å²) in [6.45, 7) is 9.69. The Kier molecular flexibility index (Phi) is 11.8. The Morgan fingerprint density at radius 2 is 1.60 bits per heavy atom. The predicted octanol–water partition coefficient (Wildman–Crippen LogP) is 0.912. The number of nitrogens with one attached hydrogen (secondary N) is 1. The molecule has 0 bridgehead atoms. The molecule has 0 rings (SSSR count). The molecule has 4 heteroatoms. The highest BCUT2D eigenvalue weighted by atomic mass is 16.5. The van der Waals surface area contributed by atoms with Crippen LogP contribution in [0.4, 0.5) is 0 Å². The summed E-state index contributed by atoms with van der Waals surface area (Å²) in [6.07, 6.45) is 0. The second kappa shape index (κ2) is 11.9. The van der Waals surface area contributed by atoms with Crippen molar-refractivity contribution >= 4 is 0 Å². The van der Waals surface area contributed by atoms with E-state index in [9.17, 15) is 0 Å². The van der Waals surface area contributed by atoms with Gasteiger partial charge in [0.1, 0.15) is 0 Å². The fourth-order valence-corrected chi connectivity index (χ4v) is 0.983. The molecular formula is C11H25NO3. The lowest BCUT2D eigenvalue weighted by Gasteiger charge is -2.08. The number of ether oxygens (including phenoxy) is 3. The molecule has 4 nitrogen and oxygen atoms in total. The number of methoxy groups -OCH3 is 1. The van der Waals surface area contributed by atoms with Crippen molar-refractivity contribution in [1.29, 1.82) is 0 Å². The van der Waals surface area contributed by atoms with E-state index in [0.717, 1.165) is 32.9 Å². The maximum atomic E-state index is 5.37. The van der Waals surface area contributed by atoms with Gasteiger partial charge >= 0.3 is 0 Å². The quantitative estimate of drug-likeness (QED) is 0.524. The molecule has 0 aliphatic rings. The van der Waals surface area contributed by atoms with Crippen molar-refractivity contribution in [2.45, 2.75) is 13.8 Å². The third-order valence-electron chi connectivity index (χ3n) is 1.73. The van der Waals surface area contributed by atoms with E-state index in [1.165, 1.54) is 0 Å². The fourth-order valence-electron chi connectivity index (χ4n) is 0.983. The van der Waals surface area contributed by atoms with Crippen LogP contribution in [-0.4, -0.2) is 53.2 Å². The van der Waals surface area contributed by atoms with Crippen molar-refractivity contribution in [3.05, 3.63) is 0 Å². The van der Waals surface area contributed by atoms with Crippen LogP contribution in [0.3, 0.4) is 0 Å². The van der Waals surface area contributed by atoms with Crippen LogP contribution in [0.1, 0.15) is 13.8 Å². The molecule has 0 aromatic rings. The average molecular weight is 219 g/mol. The molecule has 0 radical (unpaired) electrons. The third-order valence-corrected chi connectivity index (χ3v) is 1.73. The molecule has 0 aliphatic heterocycles. The largest absolute Gasteiger partial charge is 0.383 e. The van der Waals surface area contributed by atoms with Crippen LogP contribution < -0.4 is 5.32 Å². The van der Waals surface area contributed by atoms with E-state index < -0.39 is 0 Å². The van der Waals surface area contributed by atoms with E-state index in [0.29, 0.717) is 19.1 Å². The molecule has 92 valence electrons. The van der Waals surface area contributed by atoms with Gasteiger partial charge in [-0.2, -0.15) is 0 Å². The number of rotatable bonds is 11. The molecule has 0 spiro atoms. The summed E-state index contributed by atoms with van der Waals surface area (Å²) >= 11 is 0. The lowest BCUT2D eigenvalue weighted by Crippen LogP contribution is -2.24. The summed E-state index contributed by atoms with van der Waals surface area (Å²) in [5.74, 6) is 0.598. The molecule has 0 heterocycles. The molecule has 0 aromatic carbocycles. The number of hydrogen-bond acceptors (Lipinski definition) is 4. The van der Waals surface area contributed by atoms with Gasteiger partial charge in [0.05, 0.1) is 26.4 Å². The third kappa shape index (κ3) is 13.8. The molecule has 15 heavy (non-hydrogen) atoms. The molecular weight excluding hydrogens is 194 g/mol. The first kappa shape index (κ1) is 14.8. The van der Waals surface area contributed by atoms with Crippen LogP contribution in [0.25, 0.3) is 0 Å². The van der Waals surface area contributed by atoms with E-state index in [-0.39, 0.29) is 0 Å². The Morgan fingerprint density at radius 3 is 2.27 bits per heavy atom. The van der Waals surface area contributed by atoms with Crippen LogP contribution in [0.15, 0.2) is 0 Å². The standard InChI is InChI=1S/C11H25NO3/c1-11(2)10-15-9-8-14-7-5-12-4-6-13-3/h11-12H,4-10H2,1-3H3. The molecule has 0 saturated carbocycles. The minimum atomic E-state index is 0.598. The summed E-state index contributed by atoms with van der Waals surface area (Å²) in [5, 5.41) is 3.20. The van der Waals surface area contributed by atoms with E-state index in [1.807, 2.05) is 0 Å². The Labute approximate surface area is 93.3 Å². The summed E-state index contributed by atoms with van der Waals surface area (Å²) in [7, 11) is 1.70. The second-order valence-corrected chi connectivity index (χ2v) is 3.82. The zero-order valence-corrected chi connectivity index (χ0v) is 10.3. The fraction of sp³-hybridized carbons (Fsp3) is 1.00. The minimum absolute atomic E-state index is 0.598. The van der Waals surface area contributed by atoms with Crippen molar-refractivity contribution < 1.29 is 14.2 Å². The Hall–Kier alpha value is -0.160. The van der Waals surface area contributed by atoms with Crippen molar-refractivity contribution in [2.75, 3.05) is 53.2 Å². The molecule has 0 atom stereocenters. The van der Waals surface area contributed by atoms with Gasteiger partial charge in [0, 0.05) is 26.8 Å². The van der Waals surface area contributed by atoms with Gasteiger partial charge < -0.3 is 19.5 Å². The molecule has 0 aromatic heterocycles. The van der Waals surface area contributed by atoms with E-state index in [2.05, 4.69) is 19.2 Å². The van der Waals surface area contributed by atoms with Crippen LogP contribution in [0, 0.1) is 5.92 Å². The van der Waals surface area contributed by atoms with Crippen molar-refractivity contribution in [1.82, 2.24) is 5.32 Å². The van der Waals surface area contributed by atoms with Crippen molar-refractivity contribution in [2.24, 2.45) is 5.92 Å². The first-order valence-electron chi connectivity index (χ1n) is 5.62. The lowest BCUT2D eigenvalue weighted by atomic mass is 10.2. The zero-order valence-electron chi connectivity index (χ0n) is 10.3. The predicted molar refractivity (Wildman–Crippen MR) is 61.2 cm³/mol. The summed E-state index contributed by atoms with van der Waals surface area (Å²) in [6, 6.07) is 0. The topological polar surface area (TPSA) is 39.7 Å². The minimum Gasteiger partial charge on any atom is -0.383 e. The molecule has 0 amide bonds. The van der Waals surface area contributed by atoms with Crippen LogP contribution in [-0.2, 0) is 14.2 Å². The Balaban J connectivity index is 2.87. The van der Waals surface area contributed by atoms with E-state index in [1.54, 1.807) is 7.11 Å². The van der Waals surface area contributed by atoms with Crippen molar-refractivity contribution in [3.8, 4) is 0 Å². The van der Waals surface area contributed by atoms with Gasteiger partial charge in [0.25, 0.3) is 0 Å².